The molecule has 0 radical (unpaired) electrons. The maximum Gasteiger partial charge on any atom is 0.168 e. The number of H-pyrrole nitrogens is 1. The van der Waals surface area contributed by atoms with Crippen molar-refractivity contribution in [3.05, 3.63) is 22.2 Å². The monoisotopic (exact) mass is 297 g/mol. The molecule has 0 atom stereocenters. The van der Waals surface area contributed by atoms with E-state index in [1.807, 2.05) is 6.92 Å². The molecule has 4 N–H and O–H groups in total. The van der Waals surface area contributed by atoms with Crippen LogP contribution in [0.25, 0.3) is 11.3 Å². The Hall–Kier alpha value is -1.69. The van der Waals surface area contributed by atoms with E-state index in [0.29, 0.717) is 22.8 Å². The third-order valence-corrected chi connectivity index (χ3v) is 3.49. The summed E-state index contributed by atoms with van der Waals surface area (Å²) in [5, 5.41) is 16.7. The number of nitrogens with one attached hydrogen (secondary N) is 1. The average molecular weight is 298 g/mol. The number of ether oxygens (including phenoxy) is 1. The molecule has 0 unspecified atom stereocenters. The molecule has 0 aliphatic heterocycles. The number of phenolic OH excluding ortho intramolecular Hbond substituents is 1. The number of hydrogen-bond donors (Lipinski definition) is 3. The molecule has 2 rings (SSSR count). The van der Waals surface area contributed by atoms with E-state index < -0.39 is 0 Å². The molecular formula is C11H12BrN3O2. The van der Waals surface area contributed by atoms with E-state index in [9.17, 15) is 5.11 Å². The number of methoxy groups -OCH3 is 1. The third kappa shape index (κ3) is 1.95. The van der Waals surface area contributed by atoms with E-state index in [1.165, 1.54) is 7.11 Å². The normalized spacial score (nSPS) is 10.5. The molecule has 17 heavy (non-hydrogen) atoms. The predicted molar refractivity (Wildman–Crippen MR) is 69.1 cm³/mol. The summed E-state index contributed by atoms with van der Waals surface area (Å²) in [5.74, 6) is 0.828. The van der Waals surface area contributed by atoms with Crippen molar-refractivity contribution in [3.63, 3.8) is 0 Å². The molecule has 6 heteroatoms. The van der Waals surface area contributed by atoms with Crippen molar-refractivity contribution in [2.24, 2.45) is 0 Å². The second kappa shape index (κ2) is 4.29. The van der Waals surface area contributed by atoms with Crippen molar-refractivity contribution < 1.29 is 9.84 Å². The number of nitrogen functional groups attached to an aromatic ring is 1. The number of anilines is 1. The Bertz CT molecular complexity index is 566. The number of rotatable bonds is 2. The number of aromatic amines is 1. The maximum atomic E-state index is 10.1. The van der Waals surface area contributed by atoms with Gasteiger partial charge in [-0.3, -0.25) is 5.10 Å². The van der Waals surface area contributed by atoms with E-state index >= 15 is 0 Å². The summed E-state index contributed by atoms with van der Waals surface area (Å²) in [6.07, 6.45) is 0. The topological polar surface area (TPSA) is 84.2 Å². The number of halogens is 1. The number of aryl methyl sites for hydroxylation is 1. The van der Waals surface area contributed by atoms with Gasteiger partial charge in [-0.25, -0.2) is 0 Å². The number of aromatic nitrogens is 2. The summed E-state index contributed by atoms with van der Waals surface area (Å²) in [6.45, 7) is 1.91. The summed E-state index contributed by atoms with van der Waals surface area (Å²) < 4.78 is 5.89. The minimum Gasteiger partial charge on any atom is -0.504 e. The van der Waals surface area contributed by atoms with Crippen LogP contribution in [0.5, 0.6) is 11.5 Å². The van der Waals surface area contributed by atoms with Crippen molar-refractivity contribution in [2.45, 2.75) is 6.92 Å². The molecule has 0 aliphatic rings. The van der Waals surface area contributed by atoms with Gasteiger partial charge in [-0.1, -0.05) is 0 Å². The Labute approximate surface area is 107 Å². The first-order chi connectivity index (χ1) is 8.04. The van der Waals surface area contributed by atoms with Gasteiger partial charge in [0.1, 0.15) is 5.82 Å². The molecule has 0 amide bonds. The number of aromatic hydroxyl groups is 1. The zero-order valence-corrected chi connectivity index (χ0v) is 11.0. The second-order valence-electron chi connectivity index (χ2n) is 3.64. The molecule has 0 saturated carbocycles. The lowest BCUT2D eigenvalue weighted by molar-refractivity contribution is 0.374. The molecule has 5 nitrogen and oxygen atoms in total. The highest BCUT2D eigenvalue weighted by atomic mass is 79.9. The maximum absolute atomic E-state index is 10.1. The average Bonchev–Trinajstić information content (AvgIpc) is 2.70. The minimum absolute atomic E-state index is 0.0497. The lowest BCUT2D eigenvalue weighted by atomic mass is 10.1. The van der Waals surface area contributed by atoms with Crippen molar-refractivity contribution in [2.75, 3.05) is 12.8 Å². The van der Waals surface area contributed by atoms with Gasteiger partial charge >= 0.3 is 0 Å². The lowest BCUT2D eigenvalue weighted by Crippen LogP contribution is -1.91. The van der Waals surface area contributed by atoms with Crippen LogP contribution in [0, 0.1) is 6.92 Å². The number of nitrogens with two attached hydrogens (primary N) is 1. The number of benzene rings is 1. The van der Waals surface area contributed by atoms with Crippen LogP contribution in [0.2, 0.25) is 0 Å². The van der Waals surface area contributed by atoms with Crippen LogP contribution >= 0.6 is 15.9 Å². The molecule has 1 heterocycles. The summed E-state index contributed by atoms with van der Waals surface area (Å²) >= 11 is 3.44. The minimum atomic E-state index is 0.0497. The molecular weight excluding hydrogens is 286 g/mol. The van der Waals surface area contributed by atoms with Gasteiger partial charge in [0.2, 0.25) is 0 Å². The van der Waals surface area contributed by atoms with Gasteiger partial charge in [0.15, 0.2) is 11.5 Å². The Morgan fingerprint density at radius 1 is 1.47 bits per heavy atom. The van der Waals surface area contributed by atoms with Gasteiger partial charge in [0.05, 0.1) is 18.4 Å². The number of phenols is 1. The molecule has 2 aromatic rings. The van der Waals surface area contributed by atoms with Crippen molar-refractivity contribution in [1.82, 2.24) is 10.2 Å². The van der Waals surface area contributed by atoms with Gasteiger partial charge < -0.3 is 15.6 Å². The SMILES string of the molecule is COc1cc(C)c(Br)c(-c2cc(N)n[nH]2)c1O. The van der Waals surface area contributed by atoms with E-state index in [4.69, 9.17) is 10.5 Å². The number of hydrogen-bond acceptors (Lipinski definition) is 4. The van der Waals surface area contributed by atoms with Crippen LogP contribution in [0.4, 0.5) is 5.82 Å². The van der Waals surface area contributed by atoms with Crippen LogP contribution in [-0.4, -0.2) is 22.4 Å². The van der Waals surface area contributed by atoms with Gasteiger partial charge in [-0.15, -0.1) is 0 Å². The summed E-state index contributed by atoms with van der Waals surface area (Å²) in [5.41, 5.74) is 7.72. The summed E-state index contributed by atoms with van der Waals surface area (Å²) in [6, 6.07) is 3.40. The summed E-state index contributed by atoms with van der Waals surface area (Å²) in [4.78, 5) is 0. The van der Waals surface area contributed by atoms with Gasteiger partial charge in [-0.05, 0) is 34.5 Å². The van der Waals surface area contributed by atoms with Gasteiger partial charge in [-0.2, -0.15) is 5.10 Å². The van der Waals surface area contributed by atoms with E-state index in [2.05, 4.69) is 26.1 Å². The highest BCUT2D eigenvalue weighted by molar-refractivity contribution is 9.10. The highest BCUT2D eigenvalue weighted by Crippen LogP contribution is 2.43. The number of nitrogens with zero attached hydrogens (tertiary/aromatic N) is 1. The standard InChI is InChI=1S/C11H12BrN3O2/c1-5-3-7(17-2)11(16)9(10(5)12)6-4-8(13)15-14-6/h3-4,16H,1-2H3,(H3,13,14,15). The first-order valence-corrected chi connectivity index (χ1v) is 5.71. The highest BCUT2D eigenvalue weighted by Gasteiger charge is 2.18. The van der Waals surface area contributed by atoms with E-state index in [0.717, 1.165) is 10.0 Å². The zero-order chi connectivity index (χ0) is 12.6. The fourth-order valence-electron chi connectivity index (χ4n) is 1.62. The van der Waals surface area contributed by atoms with Crippen molar-refractivity contribution in [3.8, 4) is 22.8 Å². The Kier molecular flexibility index (Phi) is 2.97. The van der Waals surface area contributed by atoms with Crippen molar-refractivity contribution >= 4 is 21.7 Å². The third-order valence-electron chi connectivity index (χ3n) is 2.47. The quantitative estimate of drug-likeness (QED) is 0.795. The fourth-order valence-corrected chi connectivity index (χ4v) is 2.14. The van der Waals surface area contributed by atoms with Crippen LogP contribution < -0.4 is 10.5 Å². The van der Waals surface area contributed by atoms with Crippen LogP contribution in [0.15, 0.2) is 16.6 Å². The molecule has 0 fully saturated rings. The molecule has 0 saturated heterocycles. The summed E-state index contributed by atoms with van der Waals surface area (Å²) in [7, 11) is 1.51. The molecule has 1 aromatic carbocycles. The largest absolute Gasteiger partial charge is 0.504 e. The predicted octanol–water partition coefficient (Wildman–Crippen LogP) is 2.44. The smallest absolute Gasteiger partial charge is 0.168 e. The van der Waals surface area contributed by atoms with Crippen LogP contribution in [0.3, 0.4) is 0 Å². The molecule has 0 spiro atoms. The second-order valence-corrected chi connectivity index (χ2v) is 4.43. The Morgan fingerprint density at radius 2 is 2.18 bits per heavy atom. The molecule has 90 valence electrons. The first-order valence-electron chi connectivity index (χ1n) is 4.92. The Morgan fingerprint density at radius 3 is 2.71 bits per heavy atom. The van der Waals surface area contributed by atoms with Gasteiger partial charge in [0, 0.05) is 10.5 Å². The fraction of sp³-hybridized carbons (Fsp3) is 0.182. The first kappa shape index (κ1) is 11.8. The zero-order valence-electron chi connectivity index (χ0n) is 9.41. The van der Waals surface area contributed by atoms with E-state index in [1.54, 1.807) is 12.1 Å². The van der Waals surface area contributed by atoms with Crippen molar-refractivity contribution in [1.29, 1.82) is 0 Å². The Balaban J connectivity index is 2.71. The van der Waals surface area contributed by atoms with E-state index in [-0.39, 0.29) is 5.75 Å². The van der Waals surface area contributed by atoms with Crippen LogP contribution in [-0.2, 0) is 0 Å². The lowest BCUT2D eigenvalue weighted by Gasteiger charge is -2.12. The molecule has 0 bridgehead atoms. The van der Waals surface area contributed by atoms with Crippen LogP contribution in [0.1, 0.15) is 5.56 Å². The van der Waals surface area contributed by atoms with Gasteiger partial charge in [0.25, 0.3) is 0 Å². The molecule has 1 aromatic heterocycles. The molecule has 0 aliphatic carbocycles.